The lowest BCUT2D eigenvalue weighted by molar-refractivity contribution is -0.274. The third kappa shape index (κ3) is 3.12. The number of para-hydroxylation sites is 1. The van der Waals surface area contributed by atoms with Gasteiger partial charge in [0.1, 0.15) is 5.75 Å². The Kier molecular flexibility index (Phi) is 3.28. The van der Waals surface area contributed by atoms with Gasteiger partial charge in [-0.15, -0.1) is 17.4 Å². The molecule has 0 radical (unpaired) electrons. The zero-order valence-electron chi connectivity index (χ0n) is 6.67. The Morgan fingerprint density at radius 3 is 2.36 bits per heavy atom. The maximum Gasteiger partial charge on any atom is 0.573 e. The van der Waals surface area contributed by atoms with E-state index in [9.17, 15) is 13.2 Å². The first kappa shape index (κ1) is 11.2. The molecule has 0 aliphatic rings. The van der Waals surface area contributed by atoms with E-state index in [0.717, 1.165) is 0 Å². The second-order valence-electron chi connectivity index (χ2n) is 2.33. The van der Waals surface area contributed by atoms with E-state index >= 15 is 0 Å². The lowest BCUT2D eigenvalue weighted by atomic mass is 10.2. The second-order valence-corrected chi connectivity index (χ2v) is 3.41. The fourth-order valence-corrected chi connectivity index (χ4v) is 1.19. The van der Waals surface area contributed by atoms with Gasteiger partial charge < -0.3 is 29.6 Å². The van der Waals surface area contributed by atoms with Crippen molar-refractivity contribution in [3.8, 4) is 5.75 Å². The zero-order chi connectivity index (χ0) is 10.8. The fourth-order valence-electron chi connectivity index (χ4n) is 0.849. The van der Waals surface area contributed by atoms with Crippen molar-refractivity contribution in [3.05, 3.63) is 29.8 Å². The lowest BCUT2D eigenvalue weighted by Crippen LogP contribution is -2.18. The normalized spacial score (nSPS) is 11.1. The molecular weight excluding hydrogens is 233 g/mol. The number of ether oxygens (including phenoxy) is 1. The van der Waals surface area contributed by atoms with Crippen molar-refractivity contribution in [1.29, 1.82) is 0 Å². The highest BCUT2D eigenvalue weighted by Crippen LogP contribution is 2.26. The SMILES string of the molecule is FC(F)(F)Oc1ccccc1C(=S)[S-]. The third-order valence-corrected chi connectivity index (χ3v) is 1.77. The number of thiocarbonyl (C=S) groups is 1. The van der Waals surface area contributed by atoms with Crippen LogP contribution in [0.25, 0.3) is 0 Å². The number of benzene rings is 1. The molecule has 0 amide bonds. The van der Waals surface area contributed by atoms with Crippen molar-refractivity contribution >= 4 is 29.0 Å². The molecule has 14 heavy (non-hydrogen) atoms. The van der Waals surface area contributed by atoms with Gasteiger partial charge in [0.2, 0.25) is 0 Å². The molecule has 0 atom stereocenters. The average molecular weight is 237 g/mol. The molecule has 0 saturated carbocycles. The highest BCUT2D eigenvalue weighted by atomic mass is 32.1. The van der Waals surface area contributed by atoms with Crippen molar-refractivity contribution < 1.29 is 17.9 Å². The van der Waals surface area contributed by atoms with Crippen LogP contribution >= 0.6 is 12.2 Å². The lowest BCUT2D eigenvalue weighted by Gasteiger charge is -2.14. The van der Waals surface area contributed by atoms with Crippen LogP contribution in [0.15, 0.2) is 24.3 Å². The molecule has 1 rings (SSSR count). The van der Waals surface area contributed by atoms with Gasteiger partial charge in [-0.3, -0.25) is 0 Å². The summed E-state index contributed by atoms with van der Waals surface area (Å²) in [6.07, 6.45) is -4.73. The van der Waals surface area contributed by atoms with Crippen LogP contribution in [0.5, 0.6) is 5.75 Å². The van der Waals surface area contributed by atoms with E-state index in [2.05, 4.69) is 29.6 Å². The quantitative estimate of drug-likeness (QED) is 0.578. The van der Waals surface area contributed by atoms with Crippen molar-refractivity contribution in [3.63, 3.8) is 0 Å². The Labute approximate surface area is 89.3 Å². The number of hydrogen-bond donors (Lipinski definition) is 0. The molecule has 6 heteroatoms. The van der Waals surface area contributed by atoms with Crippen LogP contribution < -0.4 is 4.74 Å². The van der Waals surface area contributed by atoms with E-state index in [1.54, 1.807) is 0 Å². The Morgan fingerprint density at radius 1 is 1.29 bits per heavy atom. The van der Waals surface area contributed by atoms with Gasteiger partial charge >= 0.3 is 6.36 Å². The van der Waals surface area contributed by atoms with Crippen molar-refractivity contribution in [2.75, 3.05) is 0 Å². The molecule has 1 aromatic carbocycles. The summed E-state index contributed by atoms with van der Waals surface area (Å²) in [4.78, 5) is 0. The first-order chi connectivity index (χ1) is 6.40. The maximum atomic E-state index is 11.9. The number of alkyl halides is 3. The van der Waals surface area contributed by atoms with Crippen molar-refractivity contribution in [2.45, 2.75) is 6.36 Å². The van der Waals surface area contributed by atoms with Crippen LogP contribution in [-0.4, -0.2) is 10.6 Å². The van der Waals surface area contributed by atoms with Crippen LogP contribution in [0.3, 0.4) is 0 Å². The van der Waals surface area contributed by atoms with Gasteiger partial charge in [0.05, 0.1) is 0 Å². The highest BCUT2D eigenvalue weighted by molar-refractivity contribution is 8.01. The highest BCUT2D eigenvalue weighted by Gasteiger charge is 2.31. The molecule has 0 aliphatic carbocycles. The van der Waals surface area contributed by atoms with E-state index in [-0.39, 0.29) is 15.5 Å². The topological polar surface area (TPSA) is 9.23 Å². The molecule has 0 N–H and O–H groups in total. The van der Waals surface area contributed by atoms with E-state index in [4.69, 9.17) is 0 Å². The Balaban J connectivity index is 3.02. The Morgan fingerprint density at radius 2 is 1.86 bits per heavy atom. The molecule has 0 fully saturated rings. The van der Waals surface area contributed by atoms with Gasteiger partial charge in [0.15, 0.2) is 0 Å². The fraction of sp³-hybridized carbons (Fsp3) is 0.125. The van der Waals surface area contributed by atoms with Gasteiger partial charge in [-0.1, -0.05) is 18.2 Å². The average Bonchev–Trinajstić information content (AvgIpc) is 2.01. The van der Waals surface area contributed by atoms with E-state index in [0.29, 0.717) is 0 Å². The summed E-state index contributed by atoms with van der Waals surface area (Å²) in [6.45, 7) is 0. The first-order valence-corrected chi connectivity index (χ1v) is 4.28. The minimum atomic E-state index is -4.73. The van der Waals surface area contributed by atoms with Gasteiger partial charge in [0.25, 0.3) is 0 Å². The van der Waals surface area contributed by atoms with E-state index < -0.39 is 6.36 Å². The van der Waals surface area contributed by atoms with Gasteiger partial charge in [-0.25, -0.2) is 0 Å². The van der Waals surface area contributed by atoms with Crippen LogP contribution in [0.2, 0.25) is 0 Å². The van der Waals surface area contributed by atoms with Crippen molar-refractivity contribution in [2.24, 2.45) is 0 Å². The predicted octanol–water partition coefficient (Wildman–Crippen LogP) is 2.81. The smallest absolute Gasteiger partial charge is 0.428 e. The summed E-state index contributed by atoms with van der Waals surface area (Å²) in [5.41, 5.74) is 0.106. The second kappa shape index (κ2) is 4.10. The molecule has 0 saturated heterocycles. The van der Waals surface area contributed by atoms with E-state index in [1.165, 1.54) is 24.3 Å². The van der Waals surface area contributed by atoms with Crippen LogP contribution in [0.1, 0.15) is 5.56 Å². The largest absolute Gasteiger partial charge is 0.573 e. The summed E-state index contributed by atoms with van der Waals surface area (Å²) >= 11 is 9.21. The van der Waals surface area contributed by atoms with Crippen LogP contribution in [-0.2, 0) is 12.6 Å². The molecule has 1 nitrogen and oxygen atoms in total. The standard InChI is InChI=1S/C8H5F3OS2/c9-8(10,11)12-6-4-2-1-3-5(6)7(13)14/h1-4H,(H,13,14)/p-1. The molecule has 76 valence electrons. The van der Waals surface area contributed by atoms with Crippen LogP contribution in [0.4, 0.5) is 13.2 Å². The minimum absolute atomic E-state index is 0.0511. The molecule has 0 heterocycles. The minimum Gasteiger partial charge on any atom is -0.428 e. The number of hydrogen-bond acceptors (Lipinski definition) is 3. The van der Waals surface area contributed by atoms with Gasteiger partial charge in [-0.2, -0.15) is 0 Å². The zero-order valence-corrected chi connectivity index (χ0v) is 8.30. The summed E-state index contributed by atoms with van der Waals surface area (Å²) in [5, 5.41) is 0. The number of rotatable bonds is 2. The summed E-state index contributed by atoms with van der Waals surface area (Å²) in [7, 11) is 0. The molecule has 0 spiro atoms. The molecule has 0 aliphatic heterocycles. The van der Waals surface area contributed by atoms with Crippen molar-refractivity contribution in [1.82, 2.24) is 0 Å². The summed E-state index contributed by atoms with van der Waals surface area (Å²) in [5.74, 6) is -0.361. The summed E-state index contributed by atoms with van der Waals surface area (Å²) in [6, 6.07) is 5.51. The van der Waals surface area contributed by atoms with Crippen LogP contribution in [0, 0.1) is 0 Å². The van der Waals surface area contributed by atoms with E-state index in [1.807, 2.05) is 0 Å². The molecular formula is C8H4F3OS2-. The maximum absolute atomic E-state index is 11.9. The molecule has 0 aromatic heterocycles. The predicted molar refractivity (Wildman–Crippen MR) is 52.2 cm³/mol. The Hall–Kier alpha value is -0.880. The van der Waals surface area contributed by atoms with Gasteiger partial charge in [-0.05, 0) is 6.07 Å². The number of halogens is 3. The summed E-state index contributed by atoms with van der Waals surface area (Å²) < 4.78 is 39.3. The first-order valence-electron chi connectivity index (χ1n) is 3.46. The monoisotopic (exact) mass is 237 g/mol. The molecule has 0 bridgehead atoms. The third-order valence-electron chi connectivity index (χ3n) is 1.33. The van der Waals surface area contributed by atoms with Gasteiger partial charge in [0, 0.05) is 5.56 Å². The molecule has 1 aromatic rings. The molecule has 0 unspecified atom stereocenters. The Bertz CT molecular complexity index is 349.